The number of thiophene rings is 1. The summed E-state index contributed by atoms with van der Waals surface area (Å²) in [5.74, 6) is 0. The summed E-state index contributed by atoms with van der Waals surface area (Å²) in [5, 5.41) is 8.60. The number of fused-ring (bicyclic) bond motifs is 6. The molecule has 0 aliphatic heterocycles. The van der Waals surface area contributed by atoms with E-state index >= 15 is 0 Å². The molecular formula is C48H31NOS. The second-order valence-corrected chi connectivity index (χ2v) is 14.1. The summed E-state index contributed by atoms with van der Waals surface area (Å²) >= 11 is 1.85. The molecular weight excluding hydrogens is 639 g/mol. The molecule has 10 rings (SSSR count). The van der Waals surface area contributed by atoms with Crippen LogP contribution in [0.25, 0.3) is 86.6 Å². The predicted octanol–water partition coefficient (Wildman–Crippen LogP) is 14.4. The van der Waals surface area contributed by atoms with Gasteiger partial charge in [0.05, 0.1) is 11.1 Å². The molecule has 51 heavy (non-hydrogen) atoms. The van der Waals surface area contributed by atoms with E-state index in [0.717, 1.165) is 44.4 Å². The van der Waals surface area contributed by atoms with E-state index in [1.807, 2.05) is 11.3 Å². The van der Waals surface area contributed by atoms with Gasteiger partial charge in [-0.05, 0) is 93.0 Å². The molecule has 0 fully saturated rings. The smallest absolute Gasteiger partial charge is 0.137 e. The summed E-state index contributed by atoms with van der Waals surface area (Å²) in [5.41, 5.74) is 13.3. The highest BCUT2D eigenvalue weighted by Gasteiger charge is 2.17. The first-order chi connectivity index (χ1) is 25.2. The molecule has 0 saturated carbocycles. The predicted molar refractivity (Wildman–Crippen MR) is 218 cm³/mol. The van der Waals surface area contributed by atoms with Gasteiger partial charge in [0.2, 0.25) is 0 Å². The van der Waals surface area contributed by atoms with Crippen LogP contribution in [0.1, 0.15) is 0 Å². The number of anilines is 2. The van der Waals surface area contributed by atoms with Crippen LogP contribution in [0.3, 0.4) is 0 Å². The highest BCUT2D eigenvalue weighted by atomic mass is 32.1. The van der Waals surface area contributed by atoms with Crippen molar-refractivity contribution in [2.75, 3.05) is 5.32 Å². The minimum absolute atomic E-state index is 0.862. The summed E-state index contributed by atoms with van der Waals surface area (Å²) in [4.78, 5) is 0. The normalized spacial score (nSPS) is 11.5. The van der Waals surface area contributed by atoms with E-state index in [9.17, 15) is 0 Å². The molecule has 0 bridgehead atoms. The van der Waals surface area contributed by atoms with Crippen molar-refractivity contribution in [1.82, 2.24) is 0 Å². The molecule has 0 spiro atoms. The van der Waals surface area contributed by atoms with Crippen LogP contribution in [0, 0.1) is 0 Å². The first-order valence-electron chi connectivity index (χ1n) is 17.2. The third-order valence-electron chi connectivity index (χ3n) is 9.87. The van der Waals surface area contributed by atoms with Crippen molar-refractivity contribution in [3.63, 3.8) is 0 Å². The highest BCUT2D eigenvalue weighted by molar-refractivity contribution is 7.25. The Hall–Kier alpha value is -6.42. The summed E-state index contributed by atoms with van der Waals surface area (Å²) in [6.45, 7) is 0. The first kappa shape index (κ1) is 29.5. The third kappa shape index (κ3) is 5.27. The summed E-state index contributed by atoms with van der Waals surface area (Å²) < 4.78 is 9.11. The van der Waals surface area contributed by atoms with Crippen molar-refractivity contribution in [3.8, 4) is 44.5 Å². The van der Waals surface area contributed by atoms with Gasteiger partial charge >= 0.3 is 0 Å². The number of benzene rings is 8. The lowest BCUT2D eigenvalue weighted by molar-refractivity contribution is 0.669. The Morgan fingerprint density at radius 2 is 0.961 bits per heavy atom. The van der Waals surface area contributed by atoms with Crippen molar-refractivity contribution in [2.45, 2.75) is 0 Å². The van der Waals surface area contributed by atoms with Gasteiger partial charge in [0, 0.05) is 31.2 Å². The van der Waals surface area contributed by atoms with Crippen molar-refractivity contribution < 1.29 is 4.42 Å². The monoisotopic (exact) mass is 669 g/mol. The topological polar surface area (TPSA) is 25.2 Å². The first-order valence-corrected chi connectivity index (χ1v) is 18.1. The quantitative estimate of drug-likeness (QED) is 0.191. The average molecular weight is 670 g/mol. The molecule has 0 amide bonds. The Balaban J connectivity index is 1.02. The molecule has 0 aliphatic carbocycles. The average Bonchev–Trinajstić information content (AvgIpc) is 3.77. The molecule has 0 radical (unpaired) electrons. The number of hydrogen-bond donors (Lipinski definition) is 1. The second kappa shape index (κ2) is 12.2. The molecule has 240 valence electrons. The van der Waals surface area contributed by atoms with Crippen LogP contribution in [0.2, 0.25) is 0 Å². The van der Waals surface area contributed by atoms with Crippen LogP contribution in [0.4, 0.5) is 11.4 Å². The molecule has 2 nitrogen and oxygen atoms in total. The van der Waals surface area contributed by atoms with E-state index in [1.54, 1.807) is 0 Å². The number of furan rings is 1. The SMILES string of the molecule is c1ccc(-c2ccc(-c3cccc(-c4cccc5oc6cccc(Nc7cccc(-c8ccc9c(c8)sc8ccccc89)c7)c6c45)c3)cc2)cc1. The van der Waals surface area contributed by atoms with Gasteiger partial charge in [-0.3, -0.25) is 0 Å². The van der Waals surface area contributed by atoms with E-state index in [0.29, 0.717) is 0 Å². The molecule has 2 aromatic heterocycles. The van der Waals surface area contributed by atoms with Crippen molar-refractivity contribution >= 4 is 64.8 Å². The van der Waals surface area contributed by atoms with Crippen molar-refractivity contribution in [3.05, 3.63) is 182 Å². The fraction of sp³-hybridized carbons (Fsp3) is 0. The van der Waals surface area contributed by atoms with Gasteiger partial charge in [-0.25, -0.2) is 0 Å². The zero-order valence-electron chi connectivity index (χ0n) is 27.6. The van der Waals surface area contributed by atoms with Crippen molar-refractivity contribution in [1.29, 1.82) is 0 Å². The highest BCUT2D eigenvalue weighted by Crippen LogP contribution is 2.42. The maximum Gasteiger partial charge on any atom is 0.137 e. The van der Waals surface area contributed by atoms with Gasteiger partial charge in [0.15, 0.2) is 0 Å². The Bertz CT molecular complexity index is 2880. The lowest BCUT2D eigenvalue weighted by Crippen LogP contribution is -1.92. The van der Waals surface area contributed by atoms with E-state index in [-0.39, 0.29) is 0 Å². The van der Waals surface area contributed by atoms with E-state index in [1.165, 1.54) is 53.6 Å². The molecule has 0 unspecified atom stereocenters. The Labute approximate surface area is 299 Å². The Morgan fingerprint density at radius 3 is 1.82 bits per heavy atom. The fourth-order valence-electron chi connectivity index (χ4n) is 7.40. The zero-order valence-corrected chi connectivity index (χ0v) is 28.5. The largest absolute Gasteiger partial charge is 0.456 e. The lowest BCUT2D eigenvalue weighted by Gasteiger charge is -2.12. The Kier molecular flexibility index (Phi) is 7.04. The van der Waals surface area contributed by atoms with E-state index in [4.69, 9.17) is 4.42 Å². The van der Waals surface area contributed by atoms with Gasteiger partial charge in [0.25, 0.3) is 0 Å². The fourth-order valence-corrected chi connectivity index (χ4v) is 8.55. The van der Waals surface area contributed by atoms with Crippen LogP contribution in [-0.2, 0) is 0 Å². The second-order valence-electron chi connectivity index (χ2n) is 13.0. The van der Waals surface area contributed by atoms with Gasteiger partial charge in [0.1, 0.15) is 11.2 Å². The zero-order chi connectivity index (χ0) is 33.7. The van der Waals surface area contributed by atoms with Crippen LogP contribution < -0.4 is 5.32 Å². The molecule has 2 heterocycles. The van der Waals surface area contributed by atoms with Crippen LogP contribution >= 0.6 is 11.3 Å². The van der Waals surface area contributed by atoms with E-state index in [2.05, 4.69) is 187 Å². The molecule has 0 aliphatic rings. The minimum Gasteiger partial charge on any atom is -0.456 e. The van der Waals surface area contributed by atoms with Crippen LogP contribution in [-0.4, -0.2) is 0 Å². The van der Waals surface area contributed by atoms with Gasteiger partial charge < -0.3 is 9.73 Å². The number of nitrogens with one attached hydrogen (secondary N) is 1. The molecule has 0 saturated heterocycles. The van der Waals surface area contributed by atoms with E-state index < -0.39 is 0 Å². The lowest BCUT2D eigenvalue weighted by atomic mass is 9.94. The standard InChI is InChI=1S/C48H31NOS/c1-2-10-31(11-3-1)32-22-24-33(25-23-32)34-12-6-14-37(28-34)39-17-8-19-43-47(39)48-42(18-9-20-44(48)50-43)49-38-15-7-13-35(29-38)36-26-27-41-40-16-4-5-21-45(40)51-46(41)30-36/h1-30,49H. The van der Waals surface area contributed by atoms with Gasteiger partial charge in [-0.15, -0.1) is 11.3 Å². The molecule has 10 aromatic rings. The maximum atomic E-state index is 6.48. The minimum atomic E-state index is 0.862. The molecule has 0 atom stereocenters. The van der Waals surface area contributed by atoms with Crippen LogP contribution in [0.5, 0.6) is 0 Å². The number of hydrogen-bond acceptors (Lipinski definition) is 3. The van der Waals surface area contributed by atoms with Crippen molar-refractivity contribution in [2.24, 2.45) is 0 Å². The summed E-state index contributed by atoms with van der Waals surface area (Å²) in [6, 6.07) is 65.0. The molecule has 1 N–H and O–H groups in total. The Morgan fingerprint density at radius 1 is 0.373 bits per heavy atom. The maximum absolute atomic E-state index is 6.48. The van der Waals surface area contributed by atoms with Crippen LogP contribution in [0.15, 0.2) is 186 Å². The van der Waals surface area contributed by atoms with Gasteiger partial charge in [-0.2, -0.15) is 0 Å². The molecule has 3 heteroatoms. The summed E-state index contributed by atoms with van der Waals surface area (Å²) in [7, 11) is 0. The van der Waals surface area contributed by atoms with Gasteiger partial charge in [-0.1, -0.05) is 133 Å². The third-order valence-corrected chi connectivity index (χ3v) is 11.0. The summed E-state index contributed by atoms with van der Waals surface area (Å²) in [6.07, 6.45) is 0. The molecule has 8 aromatic carbocycles. The number of rotatable bonds is 6.